The van der Waals surface area contributed by atoms with Gasteiger partial charge in [-0.2, -0.15) is 5.10 Å². The van der Waals surface area contributed by atoms with E-state index in [1.807, 2.05) is 68.4 Å². The summed E-state index contributed by atoms with van der Waals surface area (Å²) in [5, 5.41) is 6.48. The summed E-state index contributed by atoms with van der Waals surface area (Å²) in [5.74, 6) is -0.889. The van der Waals surface area contributed by atoms with Gasteiger partial charge in [0, 0.05) is 5.56 Å². The molecule has 2 aromatic rings. The molecule has 0 aliphatic heterocycles. The first-order valence-corrected chi connectivity index (χ1v) is 8.52. The molecule has 0 heterocycles. The number of nitrogens with one attached hydrogen (secondary N) is 2. The average molecular weight is 353 g/mol. The number of ether oxygens (including phenoxy) is 1. The molecule has 6 nitrogen and oxygen atoms in total. The van der Waals surface area contributed by atoms with Crippen molar-refractivity contribution in [2.45, 2.75) is 26.3 Å². The Kier molecular flexibility index (Phi) is 7.36. The van der Waals surface area contributed by atoms with Crippen LogP contribution in [0.4, 0.5) is 0 Å². The number of para-hydroxylation sites is 1. The molecule has 6 heteroatoms. The Hall–Kier alpha value is -3.15. The van der Waals surface area contributed by atoms with E-state index >= 15 is 0 Å². The summed E-state index contributed by atoms with van der Waals surface area (Å²) in [4.78, 5) is 23.8. The van der Waals surface area contributed by atoms with E-state index in [1.165, 1.54) is 6.21 Å². The second kappa shape index (κ2) is 9.98. The molecule has 0 saturated carbocycles. The molecule has 0 spiro atoms. The van der Waals surface area contributed by atoms with E-state index in [0.717, 1.165) is 17.5 Å². The Labute approximate surface area is 153 Å². The van der Waals surface area contributed by atoms with Gasteiger partial charge in [0.05, 0.1) is 18.9 Å². The van der Waals surface area contributed by atoms with Crippen LogP contribution in [0.5, 0.6) is 5.75 Å². The molecule has 0 saturated heterocycles. The Morgan fingerprint density at radius 1 is 1.08 bits per heavy atom. The van der Waals surface area contributed by atoms with Crippen LogP contribution in [0.1, 0.15) is 37.4 Å². The summed E-state index contributed by atoms with van der Waals surface area (Å²) in [7, 11) is 0. The maximum atomic E-state index is 12.0. The van der Waals surface area contributed by atoms with Crippen LogP contribution in [0.15, 0.2) is 59.7 Å². The topological polar surface area (TPSA) is 79.8 Å². The molecular formula is C20H23N3O3. The number of hydrazone groups is 1. The summed E-state index contributed by atoms with van der Waals surface area (Å²) in [6, 6.07) is 16.5. The zero-order valence-corrected chi connectivity index (χ0v) is 14.9. The lowest BCUT2D eigenvalue weighted by Gasteiger charge is -2.13. The van der Waals surface area contributed by atoms with Crippen molar-refractivity contribution >= 4 is 18.0 Å². The van der Waals surface area contributed by atoms with Gasteiger partial charge in [-0.05, 0) is 31.0 Å². The Bertz CT molecular complexity index is 760. The lowest BCUT2D eigenvalue weighted by molar-refractivity contribution is -0.139. The normalized spacial score (nSPS) is 11.8. The van der Waals surface area contributed by atoms with Crippen molar-refractivity contribution < 1.29 is 14.3 Å². The predicted molar refractivity (Wildman–Crippen MR) is 101 cm³/mol. The highest BCUT2D eigenvalue weighted by Crippen LogP contribution is 2.16. The third-order valence-corrected chi connectivity index (χ3v) is 3.60. The Balaban J connectivity index is 1.90. The van der Waals surface area contributed by atoms with Crippen molar-refractivity contribution in [2.24, 2.45) is 5.10 Å². The van der Waals surface area contributed by atoms with Gasteiger partial charge in [0.2, 0.25) is 0 Å². The van der Waals surface area contributed by atoms with Gasteiger partial charge in [0.25, 0.3) is 0 Å². The Morgan fingerprint density at radius 3 is 2.50 bits per heavy atom. The first-order valence-electron chi connectivity index (χ1n) is 8.52. The minimum Gasteiger partial charge on any atom is -0.493 e. The van der Waals surface area contributed by atoms with E-state index in [4.69, 9.17) is 4.74 Å². The molecule has 136 valence electrons. The maximum absolute atomic E-state index is 12.0. The van der Waals surface area contributed by atoms with Crippen molar-refractivity contribution in [1.29, 1.82) is 0 Å². The summed E-state index contributed by atoms with van der Waals surface area (Å²) >= 11 is 0. The monoisotopic (exact) mass is 353 g/mol. The van der Waals surface area contributed by atoms with Crippen LogP contribution in [-0.2, 0) is 9.59 Å². The minimum atomic E-state index is -0.823. The maximum Gasteiger partial charge on any atom is 0.329 e. The van der Waals surface area contributed by atoms with Gasteiger partial charge in [-0.15, -0.1) is 0 Å². The standard InChI is InChI=1S/C20H23N3O3/c1-3-13-26-18-12-8-7-11-17(18)14-21-23-20(25)19(24)22-15(2)16-9-5-4-6-10-16/h4-12,14-15H,3,13H2,1-2H3,(H,22,24)(H,23,25)/b21-14-/t15-/m1/s1. The molecule has 0 fully saturated rings. The number of nitrogens with zero attached hydrogens (tertiary/aromatic N) is 1. The van der Waals surface area contributed by atoms with Gasteiger partial charge in [0.1, 0.15) is 5.75 Å². The molecule has 2 N–H and O–H groups in total. The van der Waals surface area contributed by atoms with E-state index < -0.39 is 11.8 Å². The van der Waals surface area contributed by atoms with E-state index in [9.17, 15) is 9.59 Å². The number of carbonyl (C=O) groups excluding carboxylic acids is 2. The summed E-state index contributed by atoms with van der Waals surface area (Å²) in [5.41, 5.74) is 3.87. The van der Waals surface area contributed by atoms with Crippen molar-refractivity contribution in [1.82, 2.24) is 10.7 Å². The predicted octanol–water partition coefficient (Wildman–Crippen LogP) is 2.80. The second-order valence-electron chi connectivity index (χ2n) is 5.69. The number of hydrogen-bond donors (Lipinski definition) is 2. The van der Waals surface area contributed by atoms with Crippen LogP contribution in [0.2, 0.25) is 0 Å². The van der Waals surface area contributed by atoms with Crippen molar-refractivity contribution in [3.8, 4) is 5.75 Å². The van der Waals surface area contributed by atoms with Gasteiger partial charge >= 0.3 is 11.8 Å². The summed E-state index contributed by atoms with van der Waals surface area (Å²) in [6.07, 6.45) is 2.35. The lowest BCUT2D eigenvalue weighted by Crippen LogP contribution is -2.39. The molecule has 2 aromatic carbocycles. The number of amides is 2. The fourth-order valence-corrected chi connectivity index (χ4v) is 2.23. The first kappa shape index (κ1) is 19.2. The van der Waals surface area contributed by atoms with Crippen molar-refractivity contribution in [3.63, 3.8) is 0 Å². The van der Waals surface area contributed by atoms with Crippen LogP contribution in [0.3, 0.4) is 0 Å². The van der Waals surface area contributed by atoms with E-state index in [2.05, 4.69) is 15.8 Å². The zero-order valence-electron chi connectivity index (χ0n) is 14.9. The summed E-state index contributed by atoms with van der Waals surface area (Å²) < 4.78 is 5.61. The van der Waals surface area contributed by atoms with Crippen LogP contribution >= 0.6 is 0 Å². The molecule has 0 unspecified atom stereocenters. The van der Waals surface area contributed by atoms with Gasteiger partial charge < -0.3 is 10.1 Å². The van der Waals surface area contributed by atoms with E-state index in [0.29, 0.717) is 12.4 Å². The van der Waals surface area contributed by atoms with Gasteiger partial charge in [-0.3, -0.25) is 9.59 Å². The highest BCUT2D eigenvalue weighted by Gasteiger charge is 2.16. The average Bonchev–Trinajstić information content (AvgIpc) is 2.67. The van der Waals surface area contributed by atoms with Crippen LogP contribution in [-0.4, -0.2) is 24.6 Å². The zero-order chi connectivity index (χ0) is 18.8. The Morgan fingerprint density at radius 2 is 1.77 bits per heavy atom. The molecule has 2 amide bonds. The molecule has 26 heavy (non-hydrogen) atoms. The second-order valence-corrected chi connectivity index (χ2v) is 5.69. The van der Waals surface area contributed by atoms with Crippen molar-refractivity contribution in [3.05, 3.63) is 65.7 Å². The van der Waals surface area contributed by atoms with E-state index in [-0.39, 0.29) is 6.04 Å². The summed E-state index contributed by atoms with van der Waals surface area (Å²) in [6.45, 7) is 4.42. The number of carbonyl (C=O) groups is 2. The fourth-order valence-electron chi connectivity index (χ4n) is 2.23. The quantitative estimate of drug-likeness (QED) is 0.456. The molecule has 1 atom stereocenters. The smallest absolute Gasteiger partial charge is 0.329 e. The van der Waals surface area contributed by atoms with Crippen LogP contribution in [0.25, 0.3) is 0 Å². The minimum absolute atomic E-state index is 0.276. The van der Waals surface area contributed by atoms with Crippen molar-refractivity contribution in [2.75, 3.05) is 6.61 Å². The molecule has 0 aliphatic rings. The van der Waals surface area contributed by atoms with Gasteiger partial charge in [-0.1, -0.05) is 49.4 Å². The number of rotatable bonds is 7. The molecule has 0 aliphatic carbocycles. The lowest BCUT2D eigenvalue weighted by atomic mass is 10.1. The van der Waals surface area contributed by atoms with Gasteiger partial charge in [-0.25, -0.2) is 5.43 Å². The molecule has 0 bridgehead atoms. The fraction of sp³-hybridized carbons (Fsp3) is 0.250. The highest BCUT2D eigenvalue weighted by molar-refractivity contribution is 6.35. The van der Waals surface area contributed by atoms with E-state index in [1.54, 1.807) is 0 Å². The highest BCUT2D eigenvalue weighted by atomic mass is 16.5. The molecule has 0 radical (unpaired) electrons. The third kappa shape index (κ3) is 5.73. The molecular weight excluding hydrogens is 330 g/mol. The SMILES string of the molecule is CCCOc1ccccc1/C=N\NC(=O)C(=O)N[C@H](C)c1ccccc1. The first-order chi connectivity index (χ1) is 12.6. The van der Waals surface area contributed by atoms with Crippen LogP contribution in [0, 0.1) is 0 Å². The molecule has 2 rings (SSSR count). The number of benzene rings is 2. The largest absolute Gasteiger partial charge is 0.493 e. The van der Waals surface area contributed by atoms with Gasteiger partial charge in [0.15, 0.2) is 0 Å². The number of hydrogen-bond acceptors (Lipinski definition) is 4. The van der Waals surface area contributed by atoms with Crippen LogP contribution < -0.4 is 15.5 Å². The molecule has 0 aromatic heterocycles. The third-order valence-electron chi connectivity index (χ3n) is 3.60.